The Kier molecular flexibility index (Phi) is 3.68. The molecule has 0 aliphatic heterocycles. The molecule has 132 valence electrons. The van der Waals surface area contributed by atoms with Gasteiger partial charge in [0.25, 0.3) is 0 Å². The number of allylic oxidation sites excluding steroid dienone is 1. The molecule has 4 saturated carbocycles. The van der Waals surface area contributed by atoms with E-state index >= 15 is 0 Å². The first kappa shape index (κ1) is 16.1. The molecule has 26 heavy (non-hydrogen) atoms. The molecule has 1 aromatic carbocycles. The molecule has 4 bridgehead atoms. The smallest absolute Gasteiger partial charge is 0.134 e. The van der Waals surface area contributed by atoms with Crippen LogP contribution in [0.5, 0.6) is 5.75 Å². The van der Waals surface area contributed by atoms with E-state index in [2.05, 4.69) is 11.4 Å². The summed E-state index contributed by atoms with van der Waals surface area (Å²) in [7, 11) is 0. The summed E-state index contributed by atoms with van der Waals surface area (Å²) in [6, 6.07) is 9.39. The van der Waals surface area contributed by atoms with Gasteiger partial charge in [0, 0.05) is 16.4 Å². The second-order valence-corrected chi connectivity index (χ2v) is 9.32. The van der Waals surface area contributed by atoms with Gasteiger partial charge in [-0.05, 0) is 68.4 Å². The van der Waals surface area contributed by atoms with Gasteiger partial charge in [-0.15, -0.1) is 11.3 Å². The zero-order valence-corrected chi connectivity index (χ0v) is 15.5. The van der Waals surface area contributed by atoms with E-state index < -0.39 is 0 Å². The molecule has 2 aromatic rings. The van der Waals surface area contributed by atoms with Gasteiger partial charge in [0.05, 0.1) is 11.3 Å². The van der Waals surface area contributed by atoms with Crippen LogP contribution in [0.1, 0.15) is 54.8 Å². The number of phenolic OH excluding ortho intramolecular Hbond substituents is 1. The van der Waals surface area contributed by atoms with Crippen molar-refractivity contribution in [2.45, 2.75) is 43.9 Å². The largest absolute Gasteiger partial charge is 0.507 e. The number of hydrogen-bond donors (Lipinski definition) is 1. The lowest BCUT2D eigenvalue weighted by Gasteiger charge is -2.56. The first-order chi connectivity index (χ1) is 12.6. The highest BCUT2D eigenvalue weighted by molar-refractivity contribution is 7.11. The predicted molar refractivity (Wildman–Crippen MR) is 104 cm³/mol. The normalized spacial score (nSPS) is 32.6. The quantitative estimate of drug-likeness (QED) is 0.746. The predicted octanol–water partition coefficient (Wildman–Crippen LogP) is 5.38. The Balaban J connectivity index is 1.49. The zero-order valence-electron chi connectivity index (χ0n) is 14.7. The van der Waals surface area contributed by atoms with Crippen LogP contribution in [0.4, 0.5) is 0 Å². The first-order valence-electron chi connectivity index (χ1n) is 9.51. The standard InChI is InChI=1S/C22H22N2OS/c23-12-18(8-17-3-1-2-4-19(17)25)21-24-20(13-26-21)22-9-14-5-15(10-22)7-16(6-14)11-22/h1-4,8,13-16,25H,5-7,9-11H2/b18-8+. The molecule has 3 nitrogen and oxygen atoms in total. The summed E-state index contributed by atoms with van der Waals surface area (Å²) in [5.41, 5.74) is 2.68. The maximum Gasteiger partial charge on any atom is 0.134 e. The number of aromatic nitrogens is 1. The average Bonchev–Trinajstić information content (AvgIpc) is 3.11. The molecule has 4 aliphatic rings. The van der Waals surface area contributed by atoms with Crippen LogP contribution in [-0.2, 0) is 5.41 Å². The minimum absolute atomic E-state index is 0.193. The number of hydrogen-bond acceptors (Lipinski definition) is 4. The molecule has 4 aliphatic carbocycles. The maximum atomic E-state index is 9.99. The van der Waals surface area contributed by atoms with E-state index in [4.69, 9.17) is 4.98 Å². The second kappa shape index (κ2) is 5.96. The Bertz CT molecular complexity index is 885. The summed E-state index contributed by atoms with van der Waals surface area (Å²) in [5.74, 6) is 2.86. The van der Waals surface area contributed by atoms with Crippen molar-refractivity contribution in [3.05, 3.63) is 45.9 Å². The third-order valence-corrected chi connectivity index (χ3v) is 7.55. The highest BCUT2D eigenvalue weighted by Gasteiger charge is 2.52. The third-order valence-electron chi connectivity index (χ3n) is 6.67. The molecule has 0 atom stereocenters. The Hall–Kier alpha value is -2.12. The molecule has 1 aromatic heterocycles. The summed E-state index contributed by atoms with van der Waals surface area (Å²) in [5, 5.41) is 22.6. The number of nitriles is 1. The lowest BCUT2D eigenvalue weighted by atomic mass is 9.49. The van der Waals surface area contributed by atoms with Gasteiger partial charge < -0.3 is 5.11 Å². The molecule has 0 saturated heterocycles. The molecule has 4 heteroatoms. The van der Waals surface area contributed by atoms with Gasteiger partial charge in [-0.1, -0.05) is 18.2 Å². The van der Waals surface area contributed by atoms with E-state index in [1.54, 1.807) is 29.5 Å². The average molecular weight is 362 g/mol. The van der Waals surface area contributed by atoms with Crippen molar-refractivity contribution in [1.82, 2.24) is 4.98 Å². The van der Waals surface area contributed by atoms with Crippen LogP contribution in [0.15, 0.2) is 29.6 Å². The number of nitrogens with zero attached hydrogens (tertiary/aromatic N) is 2. The van der Waals surface area contributed by atoms with Crippen LogP contribution in [0.25, 0.3) is 11.6 Å². The molecule has 6 rings (SSSR count). The monoisotopic (exact) mass is 362 g/mol. The Morgan fingerprint density at radius 1 is 1.15 bits per heavy atom. The van der Waals surface area contributed by atoms with Gasteiger partial charge in [-0.2, -0.15) is 5.26 Å². The molecule has 1 N–H and O–H groups in total. The Labute approximate surface area is 158 Å². The van der Waals surface area contributed by atoms with Crippen molar-refractivity contribution in [3.8, 4) is 11.8 Å². The summed E-state index contributed by atoms with van der Waals surface area (Å²) in [4.78, 5) is 4.94. The molecular formula is C22H22N2OS. The van der Waals surface area contributed by atoms with Crippen molar-refractivity contribution >= 4 is 23.0 Å². The van der Waals surface area contributed by atoms with Crippen LogP contribution in [-0.4, -0.2) is 10.1 Å². The molecule has 0 spiro atoms. The number of phenols is 1. The summed E-state index contributed by atoms with van der Waals surface area (Å²) in [6.07, 6.45) is 9.87. The van der Waals surface area contributed by atoms with E-state index in [0.29, 0.717) is 11.1 Å². The lowest BCUT2D eigenvalue weighted by Crippen LogP contribution is -2.48. The number of thiazole rings is 1. The Morgan fingerprint density at radius 3 is 2.42 bits per heavy atom. The van der Waals surface area contributed by atoms with Gasteiger partial charge in [0.1, 0.15) is 16.8 Å². The van der Waals surface area contributed by atoms with Crippen LogP contribution < -0.4 is 0 Å². The van der Waals surface area contributed by atoms with Crippen molar-refractivity contribution in [2.24, 2.45) is 17.8 Å². The molecule has 0 radical (unpaired) electrons. The van der Waals surface area contributed by atoms with Gasteiger partial charge in [0.15, 0.2) is 0 Å². The van der Waals surface area contributed by atoms with Gasteiger partial charge in [-0.3, -0.25) is 0 Å². The van der Waals surface area contributed by atoms with Gasteiger partial charge >= 0.3 is 0 Å². The first-order valence-corrected chi connectivity index (χ1v) is 10.4. The summed E-state index contributed by atoms with van der Waals surface area (Å²) < 4.78 is 0. The zero-order chi connectivity index (χ0) is 17.7. The number of para-hydroxylation sites is 1. The van der Waals surface area contributed by atoms with Crippen LogP contribution >= 0.6 is 11.3 Å². The molecule has 4 fully saturated rings. The highest BCUT2D eigenvalue weighted by Crippen LogP contribution is 2.60. The van der Waals surface area contributed by atoms with E-state index in [1.165, 1.54) is 44.2 Å². The molecule has 1 heterocycles. The van der Waals surface area contributed by atoms with E-state index in [9.17, 15) is 10.4 Å². The minimum Gasteiger partial charge on any atom is -0.507 e. The summed E-state index contributed by atoms with van der Waals surface area (Å²) in [6.45, 7) is 0. The van der Waals surface area contributed by atoms with Crippen molar-refractivity contribution in [2.75, 3.05) is 0 Å². The van der Waals surface area contributed by atoms with E-state index in [0.717, 1.165) is 22.8 Å². The van der Waals surface area contributed by atoms with E-state index in [1.807, 2.05) is 12.1 Å². The maximum absolute atomic E-state index is 9.99. The van der Waals surface area contributed by atoms with Crippen molar-refractivity contribution in [1.29, 1.82) is 5.26 Å². The second-order valence-electron chi connectivity index (χ2n) is 8.46. The number of aromatic hydroxyl groups is 1. The van der Waals surface area contributed by atoms with Crippen LogP contribution in [0.2, 0.25) is 0 Å². The lowest BCUT2D eigenvalue weighted by molar-refractivity contribution is -0.00694. The Morgan fingerprint density at radius 2 is 1.81 bits per heavy atom. The molecule has 0 unspecified atom stereocenters. The SMILES string of the molecule is N#C/C(=C\c1ccccc1O)c1nc(C23CC4CC(CC(C4)C2)C3)cs1. The van der Waals surface area contributed by atoms with Gasteiger partial charge in [0.2, 0.25) is 0 Å². The number of benzene rings is 1. The third kappa shape index (κ3) is 2.57. The minimum atomic E-state index is 0.193. The van der Waals surface area contributed by atoms with Crippen LogP contribution in [0, 0.1) is 29.1 Å². The molecular weight excluding hydrogens is 340 g/mol. The molecule has 0 amide bonds. The number of rotatable bonds is 3. The summed E-state index contributed by atoms with van der Waals surface area (Å²) >= 11 is 1.57. The van der Waals surface area contributed by atoms with Crippen molar-refractivity contribution in [3.63, 3.8) is 0 Å². The fourth-order valence-corrected chi connectivity index (χ4v) is 6.88. The fourth-order valence-electron chi connectivity index (χ4n) is 5.97. The highest BCUT2D eigenvalue weighted by atomic mass is 32.1. The van der Waals surface area contributed by atoms with Gasteiger partial charge in [-0.25, -0.2) is 4.98 Å². The van der Waals surface area contributed by atoms with Crippen molar-refractivity contribution < 1.29 is 5.11 Å². The fraction of sp³-hybridized carbons (Fsp3) is 0.455. The van der Waals surface area contributed by atoms with Crippen LogP contribution in [0.3, 0.4) is 0 Å². The van der Waals surface area contributed by atoms with E-state index in [-0.39, 0.29) is 11.2 Å². The topological polar surface area (TPSA) is 56.9 Å².